The predicted molar refractivity (Wildman–Crippen MR) is 138 cm³/mol. The van der Waals surface area contributed by atoms with Gasteiger partial charge in [0.15, 0.2) is 0 Å². The quantitative estimate of drug-likeness (QED) is 0.444. The Balaban J connectivity index is 2.44. The smallest absolute Gasteiger partial charge is 0.244 e. The van der Waals surface area contributed by atoms with E-state index < -0.39 is 40.2 Å². The topological polar surface area (TPSA) is 86.8 Å². The van der Waals surface area contributed by atoms with Crippen molar-refractivity contribution in [2.45, 2.75) is 45.8 Å². The largest absolute Gasteiger partial charge is 0.352 e. The Morgan fingerprint density at radius 3 is 2.26 bits per heavy atom. The van der Waals surface area contributed by atoms with Crippen LogP contribution in [0.1, 0.15) is 32.8 Å². The van der Waals surface area contributed by atoms with Crippen LogP contribution in [0.25, 0.3) is 0 Å². The minimum Gasteiger partial charge on any atom is -0.352 e. The molecule has 0 spiro atoms. The average molecular weight is 567 g/mol. The van der Waals surface area contributed by atoms with E-state index in [-0.39, 0.29) is 28.3 Å². The molecule has 12 heteroatoms. The van der Waals surface area contributed by atoms with Gasteiger partial charge >= 0.3 is 0 Å². The molecule has 7 nitrogen and oxygen atoms in total. The van der Waals surface area contributed by atoms with Crippen LogP contribution in [0.4, 0.5) is 10.1 Å². The first-order valence-corrected chi connectivity index (χ1v) is 13.7. The molecule has 2 rings (SSSR count). The van der Waals surface area contributed by atoms with Crippen molar-refractivity contribution in [1.82, 2.24) is 10.2 Å². The normalized spacial score (nSPS) is 13.1. The van der Waals surface area contributed by atoms with Crippen LogP contribution in [0.3, 0.4) is 0 Å². The third kappa shape index (κ3) is 7.96. The molecule has 0 radical (unpaired) electrons. The molecule has 192 valence electrons. The highest BCUT2D eigenvalue weighted by Crippen LogP contribution is 2.26. The van der Waals surface area contributed by atoms with Crippen LogP contribution in [-0.2, 0) is 26.2 Å². The van der Waals surface area contributed by atoms with Crippen molar-refractivity contribution < 1.29 is 22.4 Å². The lowest BCUT2D eigenvalue weighted by Gasteiger charge is -2.32. The molecule has 2 aromatic rings. The van der Waals surface area contributed by atoms with Crippen molar-refractivity contribution in [2.75, 3.05) is 17.1 Å². The van der Waals surface area contributed by atoms with E-state index in [9.17, 15) is 22.4 Å². The SMILES string of the molecule is CC[C@@H](C)NC(=O)[C@H](C)N(Cc1ccc(Cl)cc1Cl)C(=O)CN(c1ccc(F)c(Cl)c1)S(C)(=O)=O. The van der Waals surface area contributed by atoms with E-state index in [1.54, 1.807) is 19.1 Å². The van der Waals surface area contributed by atoms with Gasteiger partial charge in [0.25, 0.3) is 0 Å². The third-order valence-electron chi connectivity index (χ3n) is 5.39. The first-order chi connectivity index (χ1) is 16.2. The molecule has 0 aromatic heterocycles. The van der Waals surface area contributed by atoms with Crippen LogP contribution in [0, 0.1) is 5.82 Å². The van der Waals surface area contributed by atoms with Gasteiger partial charge in [0.05, 0.1) is 17.0 Å². The summed E-state index contributed by atoms with van der Waals surface area (Å²) in [5.41, 5.74) is 0.525. The number of hydrogen-bond donors (Lipinski definition) is 1. The molecule has 0 saturated heterocycles. The fourth-order valence-corrected chi connectivity index (χ4v) is 4.62. The first-order valence-electron chi connectivity index (χ1n) is 10.7. The van der Waals surface area contributed by atoms with E-state index in [1.807, 2.05) is 13.8 Å². The summed E-state index contributed by atoms with van der Waals surface area (Å²) in [4.78, 5) is 27.6. The lowest BCUT2D eigenvalue weighted by molar-refractivity contribution is -0.139. The second-order valence-electron chi connectivity index (χ2n) is 8.12. The second-order valence-corrected chi connectivity index (χ2v) is 11.3. The molecule has 0 aliphatic carbocycles. The summed E-state index contributed by atoms with van der Waals surface area (Å²) < 4.78 is 39.5. The second kappa shape index (κ2) is 12.3. The van der Waals surface area contributed by atoms with Gasteiger partial charge in [-0.05, 0) is 56.2 Å². The van der Waals surface area contributed by atoms with Crippen molar-refractivity contribution in [3.63, 3.8) is 0 Å². The highest BCUT2D eigenvalue weighted by molar-refractivity contribution is 7.92. The molecule has 2 aromatic carbocycles. The number of halogens is 4. The number of hydrogen-bond acceptors (Lipinski definition) is 4. The van der Waals surface area contributed by atoms with Gasteiger partial charge < -0.3 is 10.2 Å². The molecule has 35 heavy (non-hydrogen) atoms. The summed E-state index contributed by atoms with van der Waals surface area (Å²) >= 11 is 18.1. The van der Waals surface area contributed by atoms with Crippen LogP contribution in [0.5, 0.6) is 0 Å². The number of benzene rings is 2. The molecular formula is C23H27Cl3FN3O4S. The summed E-state index contributed by atoms with van der Waals surface area (Å²) in [6, 6.07) is 6.97. The van der Waals surface area contributed by atoms with E-state index >= 15 is 0 Å². The number of carbonyl (C=O) groups excluding carboxylic acids is 2. The maximum Gasteiger partial charge on any atom is 0.244 e. The van der Waals surface area contributed by atoms with Crippen molar-refractivity contribution in [2.24, 2.45) is 0 Å². The minimum absolute atomic E-state index is 0.00781. The summed E-state index contributed by atoms with van der Waals surface area (Å²) in [6.07, 6.45) is 1.60. The number of sulfonamides is 1. The molecule has 0 saturated carbocycles. The maximum absolute atomic E-state index is 13.6. The van der Waals surface area contributed by atoms with Gasteiger partial charge in [0, 0.05) is 22.6 Å². The van der Waals surface area contributed by atoms with Gasteiger partial charge in [-0.25, -0.2) is 12.8 Å². The number of amides is 2. The summed E-state index contributed by atoms with van der Waals surface area (Å²) in [5, 5.41) is 3.21. The molecule has 1 N–H and O–H groups in total. The van der Waals surface area contributed by atoms with E-state index in [4.69, 9.17) is 34.8 Å². The Kier molecular flexibility index (Phi) is 10.2. The van der Waals surface area contributed by atoms with Crippen molar-refractivity contribution in [3.8, 4) is 0 Å². The van der Waals surface area contributed by atoms with Gasteiger partial charge in [-0.3, -0.25) is 13.9 Å². The fraction of sp³-hybridized carbons (Fsp3) is 0.391. The Hall–Kier alpha value is -2.07. The van der Waals surface area contributed by atoms with Crippen LogP contribution in [-0.4, -0.2) is 50.0 Å². The van der Waals surface area contributed by atoms with E-state index in [1.165, 1.54) is 17.0 Å². The molecule has 0 aliphatic heterocycles. The Morgan fingerprint density at radius 1 is 1.06 bits per heavy atom. The monoisotopic (exact) mass is 565 g/mol. The maximum atomic E-state index is 13.6. The van der Waals surface area contributed by atoms with Gasteiger partial charge in [-0.2, -0.15) is 0 Å². The van der Waals surface area contributed by atoms with Crippen LogP contribution in [0.2, 0.25) is 15.1 Å². The van der Waals surface area contributed by atoms with Crippen LogP contribution < -0.4 is 9.62 Å². The fourth-order valence-electron chi connectivity index (χ4n) is 3.14. The van der Waals surface area contributed by atoms with Crippen molar-refractivity contribution in [3.05, 3.63) is 62.8 Å². The highest BCUT2D eigenvalue weighted by Gasteiger charge is 2.31. The van der Waals surface area contributed by atoms with E-state index in [2.05, 4.69) is 5.32 Å². The van der Waals surface area contributed by atoms with E-state index in [0.29, 0.717) is 17.0 Å². The van der Waals surface area contributed by atoms with E-state index in [0.717, 1.165) is 22.7 Å². The minimum atomic E-state index is -3.97. The predicted octanol–water partition coefficient (Wildman–Crippen LogP) is 4.88. The molecule has 0 heterocycles. The molecule has 2 amide bonds. The molecule has 2 atom stereocenters. The van der Waals surface area contributed by atoms with Crippen LogP contribution in [0.15, 0.2) is 36.4 Å². The first kappa shape index (κ1) is 29.2. The van der Waals surface area contributed by atoms with Crippen molar-refractivity contribution >= 4 is 62.3 Å². The number of anilines is 1. The van der Waals surface area contributed by atoms with Gasteiger partial charge in [0.1, 0.15) is 18.4 Å². The summed E-state index contributed by atoms with van der Waals surface area (Å²) in [7, 11) is -3.97. The van der Waals surface area contributed by atoms with Gasteiger partial charge in [0.2, 0.25) is 21.8 Å². The van der Waals surface area contributed by atoms with Gasteiger partial charge in [-0.1, -0.05) is 47.8 Å². The Morgan fingerprint density at radius 2 is 1.71 bits per heavy atom. The standard InChI is InChI=1S/C23H27Cl3FN3O4S/c1-5-14(2)28-23(32)15(3)29(12-16-6-7-17(24)10-19(16)25)22(31)13-30(35(4,33)34)18-8-9-21(27)20(26)11-18/h6-11,14-15H,5,12-13H2,1-4H3,(H,28,32)/t14-,15+/m1/s1. The molecule has 0 aliphatic rings. The molecule has 0 fully saturated rings. The molecule has 0 unspecified atom stereocenters. The lowest BCUT2D eigenvalue weighted by atomic mass is 10.1. The third-order valence-corrected chi connectivity index (χ3v) is 7.41. The Labute approximate surface area is 220 Å². The van der Waals surface area contributed by atoms with Crippen LogP contribution >= 0.6 is 34.8 Å². The summed E-state index contributed by atoms with van der Waals surface area (Å²) in [5.74, 6) is -1.81. The zero-order chi connectivity index (χ0) is 26.5. The number of nitrogens with one attached hydrogen (secondary N) is 1. The zero-order valence-electron chi connectivity index (χ0n) is 19.7. The number of nitrogens with zero attached hydrogens (tertiary/aromatic N) is 2. The highest BCUT2D eigenvalue weighted by atomic mass is 35.5. The zero-order valence-corrected chi connectivity index (χ0v) is 22.8. The number of rotatable bonds is 10. The summed E-state index contributed by atoms with van der Waals surface area (Å²) in [6.45, 7) is 4.55. The lowest BCUT2D eigenvalue weighted by Crippen LogP contribution is -2.52. The molecule has 0 bridgehead atoms. The average Bonchev–Trinajstić information content (AvgIpc) is 2.77. The number of carbonyl (C=O) groups is 2. The Bertz CT molecular complexity index is 1200. The van der Waals surface area contributed by atoms with Crippen molar-refractivity contribution in [1.29, 1.82) is 0 Å². The molecular weight excluding hydrogens is 540 g/mol. The van der Waals surface area contributed by atoms with Gasteiger partial charge in [-0.15, -0.1) is 0 Å².